The lowest BCUT2D eigenvalue weighted by molar-refractivity contribution is -0.263. The lowest BCUT2D eigenvalue weighted by Crippen LogP contribution is -2.52. The summed E-state index contributed by atoms with van der Waals surface area (Å²) in [7, 11) is 1.29. The van der Waals surface area contributed by atoms with E-state index in [-0.39, 0.29) is 5.82 Å². The number of aliphatic hydroxyl groups excluding tert-OH is 2. The van der Waals surface area contributed by atoms with Crippen molar-refractivity contribution >= 4 is 11.3 Å². The average molecular weight is 310 g/mol. The van der Waals surface area contributed by atoms with Gasteiger partial charge in [0.2, 0.25) is 5.79 Å². The Morgan fingerprint density at radius 2 is 2.23 bits per heavy atom. The maximum absolute atomic E-state index is 10.7. The van der Waals surface area contributed by atoms with Crippen LogP contribution in [0.4, 0.5) is 5.82 Å². The number of anilines is 1. The molecule has 0 amide bonds. The van der Waals surface area contributed by atoms with E-state index in [4.69, 9.17) is 15.2 Å². The number of nitrogens with zero attached hydrogens (tertiary/aromatic N) is 3. The van der Waals surface area contributed by atoms with E-state index in [2.05, 4.69) is 10.1 Å². The number of fused-ring (bicyclic) bond motifs is 1. The fraction of sp³-hybridized carbons (Fsp3) is 0.538. The molecule has 9 heteroatoms. The van der Waals surface area contributed by atoms with E-state index in [0.29, 0.717) is 11.2 Å². The molecule has 1 fully saturated rings. The summed E-state index contributed by atoms with van der Waals surface area (Å²) in [6.45, 7) is 0.792. The van der Waals surface area contributed by atoms with Gasteiger partial charge in [-0.05, 0) is 19.1 Å². The van der Waals surface area contributed by atoms with Crippen molar-refractivity contribution in [2.24, 2.45) is 0 Å². The van der Waals surface area contributed by atoms with Gasteiger partial charge >= 0.3 is 0 Å². The van der Waals surface area contributed by atoms with Crippen molar-refractivity contribution in [2.75, 3.05) is 19.5 Å². The number of nitrogen functional groups attached to an aromatic ring is 1. The smallest absolute Gasteiger partial charge is 0.221 e. The van der Waals surface area contributed by atoms with Gasteiger partial charge in [-0.3, -0.25) is 0 Å². The predicted molar refractivity (Wildman–Crippen MR) is 74.7 cm³/mol. The number of hydrogen-bond acceptors (Lipinski definition) is 8. The van der Waals surface area contributed by atoms with Gasteiger partial charge < -0.3 is 30.5 Å². The largest absolute Gasteiger partial charge is 0.391 e. The Labute approximate surface area is 125 Å². The van der Waals surface area contributed by atoms with Gasteiger partial charge in [-0.1, -0.05) is 0 Å². The quantitative estimate of drug-likeness (QED) is 0.557. The number of nitrogens with two attached hydrogens (primary N) is 1. The molecule has 22 heavy (non-hydrogen) atoms. The highest BCUT2D eigenvalue weighted by Gasteiger charge is 2.62. The lowest BCUT2D eigenvalue weighted by atomic mass is 9.90. The number of ether oxygens (including phenoxy) is 2. The minimum absolute atomic E-state index is 0.277. The van der Waals surface area contributed by atoms with Crippen molar-refractivity contribution in [2.45, 2.75) is 30.5 Å². The minimum Gasteiger partial charge on any atom is -0.391 e. The molecule has 0 saturated carbocycles. The number of methoxy groups -OCH3 is 1. The molecule has 1 aliphatic heterocycles. The standard InChI is InChI=1S/C13H18N4O5/c1-12(20)9(22-13(5-18,21-2)11(12)19)7-3-4-8-10(14)15-6-16-17(7)8/h3-4,6,9,11,18-20H,5H2,1-2H3,(H2,14,15,16)/t9-,11-,12-,13+/m0/s1. The summed E-state index contributed by atoms with van der Waals surface area (Å²) in [5.41, 5.74) is 5.08. The molecule has 2 aromatic rings. The van der Waals surface area contributed by atoms with E-state index >= 15 is 0 Å². The second-order valence-corrected chi connectivity index (χ2v) is 5.50. The molecule has 0 unspecified atom stereocenters. The van der Waals surface area contributed by atoms with Crippen LogP contribution in [0.15, 0.2) is 18.5 Å². The van der Waals surface area contributed by atoms with Crippen LogP contribution in [0.1, 0.15) is 18.7 Å². The molecule has 2 aromatic heterocycles. The van der Waals surface area contributed by atoms with Gasteiger partial charge in [0.05, 0.1) is 5.69 Å². The Morgan fingerprint density at radius 3 is 2.82 bits per heavy atom. The predicted octanol–water partition coefficient (Wildman–Crippen LogP) is -1.17. The van der Waals surface area contributed by atoms with E-state index in [1.165, 1.54) is 24.9 Å². The molecule has 9 nitrogen and oxygen atoms in total. The lowest BCUT2D eigenvalue weighted by Gasteiger charge is -2.30. The third-order valence-corrected chi connectivity index (χ3v) is 4.16. The van der Waals surface area contributed by atoms with E-state index in [1.54, 1.807) is 12.1 Å². The van der Waals surface area contributed by atoms with Crippen molar-refractivity contribution in [3.63, 3.8) is 0 Å². The summed E-state index contributed by atoms with van der Waals surface area (Å²) in [6.07, 6.45) is -1.15. The molecule has 120 valence electrons. The first kappa shape index (κ1) is 15.1. The highest BCUT2D eigenvalue weighted by atomic mass is 16.7. The number of aromatic nitrogens is 3. The topological polar surface area (TPSA) is 135 Å². The summed E-state index contributed by atoms with van der Waals surface area (Å²) >= 11 is 0. The van der Waals surface area contributed by atoms with Crippen molar-refractivity contribution in [3.05, 3.63) is 24.2 Å². The first-order valence-corrected chi connectivity index (χ1v) is 6.70. The van der Waals surface area contributed by atoms with Crippen LogP contribution in [0, 0.1) is 0 Å². The normalized spacial score (nSPS) is 35.3. The molecule has 0 aliphatic carbocycles. The Morgan fingerprint density at radius 1 is 1.50 bits per heavy atom. The second-order valence-electron chi connectivity index (χ2n) is 5.50. The molecule has 3 rings (SSSR count). The van der Waals surface area contributed by atoms with Gasteiger partial charge in [0, 0.05) is 7.11 Å². The molecular weight excluding hydrogens is 292 g/mol. The zero-order chi connectivity index (χ0) is 16.1. The van der Waals surface area contributed by atoms with Crippen molar-refractivity contribution in [3.8, 4) is 0 Å². The second kappa shape index (κ2) is 4.86. The van der Waals surface area contributed by atoms with Crippen molar-refractivity contribution < 1.29 is 24.8 Å². The number of hydrogen-bond donors (Lipinski definition) is 4. The Balaban J connectivity index is 2.12. The molecule has 0 bridgehead atoms. The van der Waals surface area contributed by atoms with Crippen molar-refractivity contribution in [1.82, 2.24) is 14.6 Å². The Hall–Kier alpha value is -1.78. The van der Waals surface area contributed by atoms with Gasteiger partial charge in [0.15, 0.2) is 5.82 Å². The first-order chi connectivity index (χ1) is 10.4. The fourth-order valence-electron chi connectivity index (χ4n) is 2.85. The molecule has 1 saturated heterocycles. The van der Waals surface area contributed by atoms with Gasteiger partial charge in [0.25, 0.3) is 0 Å². The van der Waals surface area contributed by atoms with Crippen LogP contribution in [0.3, 0.4) is 0 Å². The SMILES string of the molecule is CO[C@]1(CO)O[C@@H](c2ccc3c(N)ncnn23)[C@](C)(O)[C@@H]1O. The molecule has 0 radical (unpaired) electrons. The zero-order valence-electron chi connectivity index (χ0n) is 12.2. The number of aliphatic hydroxyl groups is 3. The first-order valence-electron chi connectivity index (χ1n) is 6.70. The van der Waals surface area contributed by atoms with E-state index < -0.39 is 30.2 Å². The van der Waals surface area contributed by atoms with Gasteiger partial charge in [-0.25, -0.2) is 9.50 Å². The van der Waals surface area contributed by atoms with Gasteiger partial charge in [-0.15, -0.1) is 0 Å². The zero-order valence-corrected chi connectivity index (χ0v) is 12.2. The monoisotopic (exact) mass is 310 g/mol. The summed E-state index contributed by atoms with van der Waals surface area (Å²) in [5.74, 6) is -1.43. The van der Waals surface area contributed by atoms with E-state index in [1.807, 2.05) is 0 Å². The molecule has 0 spiro atoms. The molecule has 3 heterocycles. The highest BCUT2D eigenvalue weighted by molar-refractivity contribution is 5.65. The van der Waals surface area contributed by atoms with Crippen LogP contribution in [0.2, 0.25) is 0 Å². The fourth-order valence-corrected chi connectivity index (χ4v) is 2.85. The highest BCUT2D eigenvalue weighted by Crippen LogP contribution is 2.47. The van der Waals surface area contributed by atoms with Crippen LogP contribution >= 0.6 is 0 Å². The van der Waals surface area contributed by atoms with Gasteiger partial charge in [-0.2, -0.15) is 5.10 Å². The van der Waals surface area contributed by atoms with Gasteiger partial charge in [0.1, 0.15) is 36.3 Å². The third-order valence-electron chi connectivity index (χ3n) is 4.16. The van der Waals surface area contributed by atoms with Crippen LogP contribution in [0.5, 0.6) is 0 Å². The molecule has 0 aromatic carbocycles. The average Bonchev–Trinajstić information content (AvgIpc) is 3.00. The summed E-state index contributed by atoms with van der Waals surface area (Å²) in [5, 5.41) is 34.6. The van der Waals surface area contributed by atoms with E-state index in [9.17, 15) is 15.3 Å². The van der Waals surface area contributed by atoms with Crippen LogP contribution < -0.4 is 5.73 Å². The van der Waals surface area contributed by atoms with E-state index in [0.717, 1.165) is 0 Å². The van der Waals surface area contributed by atoms with Crippen LogP contribution in [-0.4, -0.2) is 61.1 Å². The summed E-state index contributed by atoms with van der Waals surface area (Å²) in [6, 6.07) is 3.34. The Bertz CT molecular complexity index is 697. The third kappa shape index (κ3) is 1.84. The molecule has 4 atom stereocenters. The molecule has 1 aliphatic rings. The van der Waals surface area contributed by atoms with Crippen molar-refractivity contribution in [1.29, 1.82) is 0 Å². The number of rotatable bonds is 3. The maximum atomic E-state index is 10.7. The Kier molecular flexibility index (Phi) is 3.34. The molecule has 5 N–H and O–H groups in total. The summed E-state index contributed by atoms with van der Waals surface area (Å²) in [4.78, 5) is 3.89. The summed E-state index contributed by atoms with van der Waals surface area (Å²) < 4.78 is 12.3. The minimum atomic E-state index is -1.71. The van der Waals surface area contributed by atoms with Crippen LogP contribution in [-0.2, 0) is 9.47 Å². The molecular formula is C13H18N4O5. The maximum Gasteiger partial charge on any atom is 0.221 e. The van der Waals surface area contributed by atoms with Crippen LogP contribution in [0.25, 0.3) is 5.52 Å².